The van der Waals surface area contributed by atoms with E-state index in [-0.39, 0.29) is 34.8 Å². The molecule has 0 bridgehead atoms. The molecule has 2 heterocycles. The molecular formula is C27H31Cl3N6O4. The summed E-state index contributed by atoms with van der Waals surface area (Å²) < 4.78 is 4.84. The van der Waals surface area contributed by atoms with Crippen molar-refractivity contribution in [1.29, 1.82) is 0 Å². The van der Waals surface area contributed by atoms with Gasteiger partial charge in [0.1, 0.15) is 5.03 Å². The Hall–Kier alpha value is -3.21. The molecule has 0 unspecified atom stereocenters. The smallest absolute Gasteiger partial charge is 0.349 e. The van der Waals surface area contributed by atoms with Crippen molar-refractivity contribution in [3.05, 3.63) is 50.2 Å². The van der Waals surface area contributed by atoms with Crippen LogP contribution in [0.25, 0.3) is 6.08 Å². The number of nitrogens with zero attached hydrogens (tertiary/aromatic N) is 4. The molecule has 1 aliphatic carbocycles. The summed E-state index contributed by atoms with van der Waals surface area (Å²) in [7, 11) is 0. The first-order valence-corrected chi connectivity index (χ1v) is 14.1. The number of carbonyl (C=O) groups is 3. The van der Waals surface area contributed by atoms with Gasteiger partial charge in [0.2, 0.25) is 17.2 Å². The van der Waals surface area contributed by atoms with E-state index in [1.165, 1.54) is 11.0 Å². The number of aromatic nitrogens is 3. The molecular weight excluding hydrogens is 579 g/mol. The summed E-state index contributed by atoms with van der Waals surface area (Å²) in [6.07, 6.45) is 4.45. The molecule has 2 aromatic rings. The monoisotopic (exact) mass is 608 g/mol. The van der Waals surface area contributed by atoms with E-state index in [4.69, 9.17) is 39.5 Å². The molecule has 2 N–H and O–H groups in total. The minimum atomic E-state index is -0.666. The Morgan fingerprint density at radius 2 is 1.68 bits per heavy atom. The maximum Gasteiger partial charge on any atom is 0.349 e. The second-order valence-electron chi connectivity index (χ2n) is 9.11. The number of nitrogens with one attached hydrogen (secondary N) is 2. The molecule has 2 aliphatic rings. The van der Waals surface area contributed by atoms with Gasteiger partial charge in [0.25, 0.3) is 11.8 Å². The predicted octanol–water partition coefficient (Wildman–Crippen LogP) is 6.00. The van der Waals surface area contributed by atoms with E-state index < -0.39 is 5.97 Å². The van der Waals surface area contributed by atoms with E-state index >= 15 is 0 Å². The molecule has 1 aliphatic heterocycles. The quantitative estimate of drug-likeness (QED) is 0.210. The number of anilines is 3. The molecule has 40 heavy (non-hydrogen) atoms. The summed E-state index contributed by atoms with van der Waals surface area (Å²) in [5.41, 5.74) is 2.04. The van der Waals surface area contributed by atoms with Crippen LogP contribution in [0.5, 0.6) is 0 Å². The van der Waals surface area contributed by atoms with Gasteiger partial charge < -0.3 is 15.4 Å². The highest BCUT2D eigenvalue weighted by atomic mass is 35.5. The lowest BCUT2D eigenvalue weighted by molar-refractivity contribution is -0.137. The van der Waals surface area contributed by atoms with Crippen LogP contribution in [0.4, 0.5) is 17.6 Å². The normalized spacial score (nSPS) is 15.1. The zero-order chi connectivity index (χ0) is 29.4. The van der Waals surface area contributed by atoms with Crippen LogP contribution in [0.3, 0.4) is 0 Å². The van der Waals surface area contributed by atoms with Crippen molar-refractivity contribution in [2.24, 2.45) is 0 Å². The third-order valence-electron chi connectivity index (χ3n) is 5.74. The number of esters is 1. The fourth-order valence-corrected chi connectivity index (χ4v) is 4.56. The van der Waals surface area contributed by atoms with E-state index in [2.05, 4.69) is 25.6 Å². The molecule has 4 rings (SSSR count). The molecule has 0 spiro atoms. The van der Waals surface area contributed by atoms with Gasteiger partial charge in [-0.05, 0) is 94.8 Å². The van der Waals surface area contributed by atoms with Gasteiger partial charge in [-0.15, -0.1) is 0 Å². The number of hydrogen-bond donors (Lipinski definition) is 2. The first-order valence-electron chi connectivity index (χ1n) is 12.9. The summed E-state index contributed by atoms with van der Waals surface area (Å²) in [6, 6.07) is 5.00. The standard InChI is InChI=1S/C19H17Cl2NO4.C8H14ClN5/c1-2-26-19(25)16(21)10-11-9-12(7-8-15(11)20)22-17(23)13-5-3-4-6-14(13)18(22)24;1-4-10-7-12-6(9)13-8(14-7)11-5(2)3/h7-10H,2-6H2,1H3;5H,4H2,1-3H3,(H2,10,11,12,13,14)/b16-10-;. The highest BCUT2D eigenvalue weighted by Gasteiger charge is 2.39. The molecule has 2 amide bonds. The summed E-state index contributed by atoms with van der Waals surface area (Å²) in [6.45, 7) is 8.60. The third kappa shape index (κ3) is 7.93. The molecule has 13 heteroatoms. The maximum atomic E-state index is 12.7. The number of halogens is 3. The van der Waals surface area contributed by atoms with Crippen LogP contribution in [0, 0.1) is 0 Å². The van der Waals surface area contributed by atoms with E-state index in [1.54, 1.807) is 25.1 Å². The van der Waals surface area contributed by atoms with E-state index in [1.807, 2.05) is 20.8 Å². The number of imide groups is 1. The van der Waals surface area contributed by atoms with E-state index in [0.29, 0.717) is 52.2 Å². The van der Waals surface area contributed by atoms with Gasteiger partial charge in [-0.2, -0.15) is 15.0 Å². The Kier molecular flexibility index (Phi) is 11.3. The van der Waals surface area contributed by atoms with E-state index in [9.17, 15) is 14.4 Å². The van der Waals surface area contributed by atoms with Crippen molar-refractivity contribution in [2.75, 3.05) is 28.7 Å². The zero-order valence-corrected chi connectivity index (χ0v) is 25.0. The molecule has 1 aromatic heterocycles. The van der Waals surface area contributed by atoms with Crippen LogP contribution < -0.4 is 15.5 Å². The van der Waals surface area contributed by atoms with Crippen LogP contribution in [-0.2, 0) is 19.1 Å². The highest BCUT2D eigenvalue weighted by Crippen LogP contribution is 2.37. The van der Waals surface area contributed by atoms with Gasteiger partial charge in [0.05, 0.1) is 12.3 Å². The van der Waals surface area contributed by atoms with Crippen molar-refractivity contribution in [3.63, 3.8) is 0 Å². The van der Waals surface area contributed by atoms with Crippen molar-refractivity contribution >= 4 is 76.2 Å². The maximum absolute atomic E-state index is 12.7. The zero-order valence-electron chi connectivity index (χ0n) is 22.7. The third-order valence-corrected chi connectivity index (χ3v) is 6.52. The predicted molar refractivity (Wildman–Crippen MR) is 158 cm³/mol. The minimum Gasteiger partial charge on any atom is -0.462 e. The first-order chi connectivity index (χ1) is 19.0. The van der Waals surface area contributed by atoms with Crippen molar-refractivity contribution < 1.29 is 19.1 Å². The number of carbonyl (C=O) groups excluding carboxylic acids is 3. The highest BCUT2D eigenvalue weighted by molar-refractivity contribution is 6.43. The molecule has 0 radical (unpaired) electrons. The van der Waals surface area contributed by atoms with Crippen molar-refractivity contribution in [1.82, 2.24) is 15.0 Å². The SMILES string of the molecule is CCNc1nc(Cl)nc(NC(C)C)n1.CCOC(=O)/C(Cl)=C/c1cc(N2C(=O)C3=C(CCCC3)C2=O)ccc1Cl. The molecule has 214 valence electrons. The first kappa shape index (κ1) is 31.3. The average molecular weight is 610 g/mol. The number of rotatable bonds is 8. The topological polar surface area (TPSA) is 126 Å². The summed E-state index contributed by atoms with van der Waals surface area (Å²) in [4.78, 5) is 50.2. The Morgan fingerprint density at radius 3 is 2.25 bits per heavy atom. The average Bonchev–Trinajstić information content (AvgIpc) is 3.15. The van der Waals surface area contributed by atoms with Crippen LogP contribution >= 0.6 is 34.8 Å². The summed E-state index contributed by atoms with van der Waals surface area (Å²) >= 11 is 17.9. The number of hydrogen-bond acceptors (Lipinski definition) is 9. The van der Waals surface area contributed by atoms with Crippen LogP contribution in [-0.4, -0.2) is 51.9 Å². The van der Waals surface area contributed by atoms with Crippen LogP contribution in [0.1, 0.15) is 58.9 Å². The Morgan fingerprint density at radius 1 is 1.05 bits per heavy atom. The lowest BCUT2D eigenvalue weighted by Crippen LogP contribution is -2.31. The number of ether oxygens (including phenoxy) is 1. The van der Waals surface area contributed by atoms with Crippen LogP contribution in [0.15, 0.2) is 34.4 Å². The molecule has 10 nitrogen and oxygen atoms in total. The lowest BCUT2D eigenvalue weighted by atomic mass is 9.93. The van der Waals surface area contributed by atoms with Crippen LogP contribution in [0.2, 0.25) is 10.3 Å². The van der Waals surface area contributed by atoms with Gasteiger partial charge in [-0.1, -0.05) is 23.2 Å². The second-order valence-corrected chi connectivity index (χ2v) is 10.3. The fraction of sp³-hybridized carbons (Fsp3) is 0.407. The second kappa shape index (κ2) is 14.4. The van der Waals surface area contributed by atoms with Gasteiger partial charge in [0.15, 0.2) is 0 Å². The Balaban J connectivity index is 0.000000267. The molecule has 0 fully saturated rings. The van der Waals surface area contributed by atoms with Crippen molar-refractivity contribution in [2.45, 2.75) is 59.4 Å². The minimum absolute atomic E-state index is 0.137. The van der Waals surface area contributed by atoms with Gasteiger partial charge in [-0.3, -0.25) is 9.59 Å². The van der Waals surface area contributed by atoms with Crippen molar-refractivity contribution in [3.8, 4) is 0 Å². The number of amides is 2. The Labute approximate surface area is 248 Å². The summed E-state index contributed by atoms with van der Waals surface area (Å²) in [5, 5.41) is 6.43. The van der Waals surface area contributed by atoms with E-state index in [0.717, 1.165) is 19.4 Å². The molecule has 0 saturated carbocycles. The van der Waals surface area contributed by atoms with Gasteiger partial charge in [0, 0.05) is 28.8 Å². The number of benzene rings is 1. The largest absolute Gasteiger partial charge is 0.462 e. The van der Waals surface area contributed by atoms with Gasteiger partial charge in [-0.25, -0.2) is 9.69 Å². The Bertz CT molecular complexity index is 1320. The fourth-order valence-electron chi connectivity index (χ4n) is 4.06. The molecule has 0 saturated heterocycles. The van der Waals surface area contributed by atoms with Gasteiger partial charge >= 0.3 is 5.97 Å². The molecule has 1 aromatic carbocycles. The lowest BCUT2D eigenvalue weighted by Gasteiger charge is -2.16. The molecule has 0 atom stereocenters. The summed E-state index contributed by atoms with van der Waals surface area (Å²) in [5.74, 6) is -0.232.